The quantitative estimate of drug-likeness (QED) is 0.0480. The Morgan fingerprint density at radius 3 is 2.51 bits per heavy atom. The number of likely N-dealkylation sites (tertiary alicyclic amines) is 1. The second-order valence-electron chi connectivity index (χ2n) is 20.3. The Balaban J connectivity index is 0.618. The predicted octanol–water partition coefficient (Wildman–Crippen LogP) is 3.98. The zero-order valence-electron chi connectivity index (χ0n) is 42.5. The summed E-state index contributed by atoms with van der Waals surface area (Å²) in [7, 11) is 6.96. The van der Waals surface area contributed by atoms with E-state index in [1.165, 1.54) is 6.07 Å². The maximum absolute atomic E-state index is 15.3. The fraction of sp³-hybridized carbons (Fsp3) is 0.510. The molecule has 0 radical (unpaired) electrons. The van der Waals surface area contributed by atoms with Crippen molar-refractivity contribution in [1.82, 2.24) is 35.5 Å². The number of halogens is 1. The number of hydrogen-bond acceptors (Lipinski definition) is 16. The van der Waals surface area contributed by atoms with Crippen LogP contribution in [0.3, 0.4) is 0 Å². The second kappa shape index (κ2) is 23.8. The number of anilines is 1. The molecule has 1 aromatic heterocycles. The molecule has 396 valence electrons. The van der Waals surface area contributed by atoms with Gasteiger partial charge in [-0.15, -0.1) is 5.06 Å². The molecule has 6 amide bonds. The van der Waals surface area contributed by atoms with E-state index in [1.54, 1.807) is 64.1 Å². The van der Waals surface area contributed by atoms with Crippen molar-refractivity contribution in [3.8, 4) is 11.5 Å². The fourth-order valence-corrected chi connectivity index (χ4v) is 12.8. The topological polar surface area (TPSA) is 214 Å². The second-order valence-corrected chi connectivity index (χ2v) is 23.4. The normalized spacial score (nSPS) is 22.0. The van der Waals surface area contributed by atoms with Gasteiger partial charge in [0.1, 0.15) is 11.5 Å². The number of nitrogens with zero attached hydrogens (tertiary/aromatic N) is 6. The molecule has 9 rings (SSSR count). The fourth-order valence-electron chi connectivity index (χ4n) is 10.3. The van der Waals surface area contributed by atoms with Crippen molar-refractivity contribution in [3.63, 3.8) is 0 Å². The van der Waals surface area contributed by atoms with Crippen LogP contribution in [0.5, 0.6) is 11.5 Å². The van der Waals surface area contributed by atoms with Crippen molar-refractivity contribution in [2.24, 2.45) is 11.0 Å². The number of aromatic nitrogens is 1. The number of amides is 6. The summed E-state index contributed by atoms with van der Waals surface area (Å²) in [5.74, 6) is -0.230. The van der Waals surface area contributed by atoms with E-state index in [-0.39, 0.29) is 74.0 Å². The van der Waals surface area contributed by atoms with Crippen molar-refractivity contribution in [1.29, 1.82) is 0 Å². The molecule has 0 spiro atoms. The van der Waals surface area contributed by atoms with E-state index >= 15 is 4.39 Å². The van der Waals surface area contributed by atoms with Crippen molar-refractivity contribution in [2.75, 3.05) is 63.6 Å². The van der Waals surface area contributed by atoms with Crippen molar-refractivity contribution in [2.45, 2.75) is 100 Å². The number of hydrogen-bond donors (Lipinski definition) is 3. The van der Waals surface area contributed by atoms with Crippen LogP contribution in [0.2, 0.25) is 0 Å². The van der Waals surface area contributed by atoms with Crippen LogP contribution < -0.4 is 25.5 Å². The summed E-state index contributed by atoms with van der Waals surface area (Å²) < 4.78 is 32.5. The van der Waals surface area contributed by atoms with Gasteiger partial charge in [0.25, 0.3) is 11.8 Å². The standard InChI is InChI=1S/C51H62B2FN9O10S2/c1-50(2,29-41(64)59-58-39-15-25-71-40-28-36(9-10-37(39)40)70-24-4-6-45(68)72-63-43(66)11-12-44(63)67)75-74-26-16-42(65)61-22-20-60(21-23-61)35-13-18-62(19-14-35)49(69)56-31-32-7-8-34(27-38(32)54)57-48-47-46(51(47,52)73-53-48)33-5-3-17-55-30-33/h3,5,7-10,17,27-28,30,35,46-47,57H,4,6,11-16,18-26,29,31,52H2,1-2H3,(H,56,69)(H,59,64)/b58-39+. The van der Waals surface area contributed by atoms with Gasteiger partial charge < -0.3 is 19.2 Å². The Morgan fingerprint density at radius 2 is 1.76 bits per heavy atom. The monoisotopic (exact) mass is 1070 g/mol. The molecule has 0 bridgehead atoms. The van der Waals surface area contributed by atoms with Gasteiger partial charge in [0.2, 0.25) is 11.8 Å². The predicted molar refractivity (Wildman–Crippen MR) is 285 cm³/mol. The van der Waals surface area contributed by atoms with E-state index < -0.39 is 28.3 Å². The Bertz CT molecular complexity index is 2700. The Labute approximate surface area is 444 Å². The summed E-state index contributed by atoms with van der Waals surface area (Å²) in [4.78, 5) is 90.1. The number of urea groups is 1. The Hall–Kier alpha value is -6.13. The van der Waals surface area contributed by atoms with Gasteiger partial charge in [0, 0.05) is 86.5 Å². The average molecular weight is 1070 g/mol. The number of carbonyl (C=O) groups is 6. The van der Waals surface area contributed by atoms with Crippen LogP contribution in [0.4, 0.5) is 14.9 Å². The summed E-state index contributed by atoms with van der Waals surface area (Å²) in [5.41, 5.74) is 6.83. The third kappa shape index (κ3) is 13.3. The van der Waals surface area contributed by atoms with Gasteiger partial charge in [-0.25, -0.2) is 10.2 Å². The zero-order chi connectivity index (χ0) is 52.7. The molecule has 3 N–H and O–H groups in total. The van der Waals surface area contributed by atoms with E-state index in [0.717, 1.165) is 42.6 Å². The van der Waals surface area contributed by atoms with Crippen LogP contribution in [0.15, 0.2) is 66.0 Å². The molecule has 6 heterocycles. The molecule has 19 nitrogen and oxygen atoms in total. The summed E-state index contributed by atoms with van der Waals surface area (Å²) >= 11 is 0. The first-order valence-electron chi connectivity index (χ1n) is 25.6. The summed E-state index contributed by atoms with van der Waals surface area (Å²) in [6.07, 6.45) is 6.74. The molecule has 4 fully saturated rings. The molecule has 3 saturated heterocycles. The molecule has 2 aromatic carbocycles. The number of piperidine rings is 1. The molecular weight excluding hydrogens is 1000 g/mol. The van der Waals surface area contributed by atoms with Crippen molar-refractivity contribution >= 4 is 89.2 Å². The molecule has 75 heavy (non-hydrogen) atoms. The van der Waals surface area contributed by atoms with Crippen molar-refractivity contribution < 1.29 is 52.1 Å². The van der Waals surface area contributed by atoms with Gasteiger partial charge in [-0.1, -0.05) is 21.6 Å². The first-order valence-corrected chi connectivity index (χ1v) is 28.0. The number of pyridine rings is 1. The summed E-state index contributed by atoms with van der Waals surface area (Å²) in [6, 6.07) is 14.3. The van der Waals surface area contributed by atoms with Crippen LogP contribution in [0, 0.1) is 11.7 Å². The molecule has 3 aromatic rings. The number of carbonyl (C=O) groups excluding carboxylic acids is 6. The summed E-state index contributed by atoms with van der Waals surface area (Å²) in [6.45, 7) is 8.71. The first-order chi connectivity index (χ1) is 36.1. The summed E-state index contributed by atoms with van der Waals surface area (Å²) in [5, 5.41) is 11.2. The minimum absolute atomic E-state index is 0.0342. The molecule has 3 unspecified atom stereocenters. The van der Waals surface area contributed by atoms with E-state index in [4.69, 9.17) is 19.0 Å². The number of nitrogens with one attached hydrogen (secondary N) is 3. The maximum atomic E-state index is 15.3. The number of imide groups is 1. The van der Waals surface area contributed by atoms with E-state index in [9.17, 15) is 28.8 Å². The number of rotatable bonds is 20. The number of benzene rings is 2. The number of piperazine rings is 1. The van der Waals surface area contributed by atoms with Gasteiger partial charge in [-0.05, 0) is 32.4 Å². The Kier molecular flexibility index (Phi) is 17.1. The third-order valence-corrected chi connectivity index (χ3v) is 17.7. The number of hydrazone groups is 1. The molecule has 5 aliphatic heterocycles. The van der Waals surface area contributed by atoms with Gasteiger partial charge in [0.05, 0.1) is 25.3 Å². The number of ether oxygens (including phenoxy) is 2. The van der Waals surface area contributed by atoms with Crippen LogP contribution in [-0.4, -0.2) is 161 Å². The molecule has 1 aliphatic carbocycles. The molecular formula is C51H62B2FN9O10S2. The SMILES string of the molecule is BC12OB=C(Nc3ccc(CNC(=O)N4CCC(N5CCN(C(=O)CCSSC(C)(C)CC(=O)N/N=C6\CCOc7cc(OCCCC(=O)ON8C(=O)CCC8=O)ccc76)CC5)CC4)c(F)c3)C1C2c1cccnc1. The van der Waals surface area contributed by atoms with E-state index in [2.05, 4.69) is 45.0 Å². The van der Waals surface area contributed by atoms with Crippen molar-refractivity contribution in [3.05, 3.63) is 83.4 Å². The first kappa shape index (κ1) is 53.7. The minimum atomic E-state index is -0.688. The number of hydroxylamine groups is 2. The molecule has 1 saturated carbocycles. The van der Waals surface area contributed by atoms with Gasteiger partial charge in [-0.2, -0.15) is 5.10 Å². The average Bonchev–Trinajstić information content (AvgIpc) is 3.80. The van der Waals surface area contributed by atoms with E-state index in [1.807, 2.05) is 37.1 Å². The Morgan fingerprint density at radius 1 is 0.973 bits per heavy atom. The zero-order valence-corrected chi connectivity index (χ0v) is 44.1. The van der Waals surface area contributed by atoms with Gasteiger partial charge in [0.15, 0.2) is 0 Å². The molecule has 3 atom stereocenters. The molecule has 24 heteroatoms. The van der Waals surface area contributed by atoms with E-state index in [0.29, 0.717) is 97.4 Å². The van der Waals surface area contributed by atoms with Crippen LogP contribution in [-0.2, 0) is 40.0 Å². The van der Waals surface area contributed by atoms with Gasteiger partial charge in [-0.3, -0.25) is 24.1 Å². The van der Waals surface area contributed by atoms with Crippen LogP contribution in [0.1, 0.15) is 94.2 Å². The van der Waals surface area contributed by atoms with Crippen LogP contribution in [0.25, 0.3) is 0 Å². The van der Waals surface area contributed by atoms with Gasteiger partial charge >= 0.3 is 182 Å². The third-order valence-electron chi connectivity index (χ3n) is 14.4. The number of fused-ring (bicyclic) bond motifs is 2. The molecule has 6 aliphatic rings. The van der Waals surface area contributed by atoms with Crippen LogP contribution >= 0.6 is 21.6 Å².